The summed E-state index contributed by atoms with van der Waals surface area (Å²) in [5.41, 5.74) is 4.00. The molecule has 2 heterocycles. The Kier molecular flexibility index (Phi) is 6.06. The van der Waals surface area contributed by atoms with Gasteiger partial charge in [-0.1, -0.05) is 29.8 Å². The third-order valence-electron chi connectivity index (χ3n) is 5.85. The second-order valence-corrected chi connectivity index (χ2v) is 8.43. The Labute approximate surface area is 166 Å². The van der Waals surface area contributed by atoms with Crippen molar-refractivity contribution in [2.45, 2.75) is 45.2 Å². The Hall–Kier alpha value is -1.36. The van der Waals surface area contributed by atoms with Crippen LogP contribution >= 0.6 is 23.7 Å². The minimum atomic E-state index is 0. The number of aryl methyl sites for hydroxylation is 1. The first-order chi connectivity index (χ1) is 12.2. The maximum absolute atomic E-state index is 13.1. The van der Waals surface area contributed by atoms with E-state index in [0.717, 1.165) is 25.2 Å². The molecule has 1 spiro atoms. The van der Waals surface area contributed by atoms with Crippen LogP contribution in [0.25, 0.3) is 0 Å². The Morgan fingerprint density at radius 3 is 2.58 bits per heavy atom. The van der Waals surface area contributed by atoms with Gasteiger partial charge in [0.25, 0.3) is 0 Å². The molecule has 26 heavy (non-hydrogen) atoms. The van der Waals surface area contributed by atoms with E-state index in [1.54, 1.807) is 11.3 Å². The summed E-state index contributed by atoms with van der Waals surface area (Å²) in [7, 11) is 0. The van der Waals surface area contributed by atoms with Crippen molar-refractivity contribution >= 4 is 29.7 Å². The van der Waals surface area contributed by atoms with Crippen molar-refractivity contribution in [3.05, 3.63) is 57.8 Å². The zero-order chi connectivity index (χ0) is 17.3. The summed E-state index contributed by atoms with van der Waals surface area (Å²) >= 11 is 1.71. The summed E-state index contributed by atoms with van der Waals surface area (Å²) in [5.74, 6) is 0.274. The van der Waals surface area contributed by atoms with Gasteiger partial charge < -0.3 is 10.2 Å². The molecule has 1 amide bonds. The van der Waals surface area contributed by atoms with Crippen molar-refractivity contribution in [2.75, 3.05) is 13.1 Å². The lowest BCUT2D eigenvalue weighted by molar-refractivity contribution is -0.132. The highest BCUT2D eigenvalue weighted by Gasteiger charge is 2.57. The predicted octanol–water partition coefficient (Wildman–Crippen LogP) is 4.19. The maximum atomic E-state index is 13.1. The van der Waals surface area contributed by atoms with E-state index in [4.69, 9.17) is 0 Å². The Balaban J connectivity index is 0.00000196. The van der Waals surface area contributed by atoms with E-state index in [9.17, 15) is 4.79 Å². The van der Waals surface area contributed by atoms with Gasteiger partial charge in [-0.25, -0.2) is 0 Å². The second-order valence-electron chi connectivity index (χ2n) is 7.65. The van der Waals surface area contributed by atoms with Gasteiger partial charge in [-0.3, -0.25) is 4.79 Å². The molecule has 1 atom stereocenters. The highest BCUT2D eigenvalue weighted by molar-refractivity contribution is 7.07. The monoisotopic (exact) mass is 390 g/mol. The molecule has 2 fully saturated rings. The second kappa shape index (κ2) is 8.12. The van der Waals surface area contributed by atoms with Crippen LogP contribution in [-0.4, -0.2) is 29.9 Å². The fourth-order valence-corrected chi connectivity index (χ4v) is 4.82. The largest absolute Gasteiger partial charge is 0.334 e. The molecular weight excluding hydrogens is 364 g/mol. The van der Waals surface area contributed by atoms with Crippen molar-refractivity contribution in [1.82, 2.24) is 10.2 Å². The number of benzene rings is 1. The first-order valence-corrected chi connectivity index (χ1v) is 10.2. The maximum Gasteiger partial charge on any atom is 0.227 e. The van der Waals surface area contributed by atoms with Crippen LogP contribution in [0.4, 0.5) is 0 Å². The number of carbonyl (C=O) groups excluding carboxylic acids is 1. The summed E-state index contributed by atoms with van der Waals surface area (Å²) in [5, 5.41) is 7.73. The first kappa shape index (κ1) is 19.4. The van der Waals surface area contributed by atoms with Crippen molar-refractivity contribution in [1.29, 1.82) is 0 Å². The Morgan fingerprint density at radius 1 is 1.19 bits per heavy atom. The number of thiophene rings is 1. The summed E-state index contributed by atoms with van der Waals surface area (Å²) < 4.78 is 0. The number of nitrogens with one attached hydrogen (secondary N) is 1. The molecule has 1 N–H and O–H groups in total. The van der Waals surface area contributed by atoms with Crippen LogP contribution in [0.15, 0.2) is 41.1 Å². The van der Waals surface area contributed by atoms with E-state index in [1.807, 2.05) is 0 Å². The van der Waals surface area contributed by atoms with Crippen LogP contribution < -0.4 is 5.32 Å². The van der Waals surface area contributed by atoms with Gasteiger partial charge in [0.2, 0.25) is 5.91 Å². The molecule has 3 nitrogen and oxygen atoms in total. The van der Waals surface area contributed by atoms with Crippen molar-refractivity contribution < 1.29 is 4.79 Å². The molecule has 2 aromatic rings. The molecule has 1 aliphatic carbocycles. The van der Waals surface area contributed by atoms with Crippen LogP contribution in [-0.2, 0) is 17.8 Å². The Morgan fingerprint density at radius 2 is 1.92 bits per heavy atom. The molecule has 2 aliphatic rings. The number of carbonyl (C=O) groups is 1. The van der Waals surface area contributed by atoms with Crippen LogP contribution in [0.1, 0.15) is 36.0 Å². The smallest absolute Gasteiger partial charge is 0.227 e. The predicted molar refractivity (Wildman–Crippen MR) is 110 cm³/mol. The van der Waals surface area contributed by atoms with Crippen molar-refractivity contribution in [3.63, 3.8) is 0 Å². The topological polar surface area (TPSA) is 32.3 Å². The summed E-state index contributed by atoms with van der Waals surface area (Å²) in [6, 6.07) is 10.9. The lowest BCUT2D eigenvalue weighted by Crippen LogP contribution is -2.39. The Bertz CT molecular complexity index is 723. The SMILES string of the molecule is Cc1ccc(CC(=O)N(Cc2ccsc2)C2CC23CCNCC3)cc1.Cl. The van der Waals surface area contributed by atoms with Gasteiger partial charge in [-0.15, -0.1) is 12.4 Å². The van der Waals surface area contributed by atoms with E-state index in [0.29, 0.717) is 17.9 Å². The van der Waals surface area contributed by atoms with Gasteiger partial charge in [-0.05, 0) is 72.6 Å². The van der Waals surface area contributed by atoms with Crippen molar-refractivity contribution in [3.8, 4) is 0 Å². The lowest BCUT2D eigenvalue weighted by Gasteiger charge is -2.29. The zero-order valence-electron chi connectivity index (χ0n) is 15.2. The average Bonchev–Trinajstić information content (AvgIpc) is 3.06. The molecule has 1 saturated heterocycles. The molecule has 1 unspecified atom stereocenters. The molecular formula is C21H27ClN2OS. The fraction of sp³-hybridized carbons (Fsp3) is 0.476. The molecule has 0 radical (unpaired) electrons. The summed E-state index contributed by atoms with van der Waals surface area (Å²) in [4.78, 5) is 15.3. The summed E-state index contributed by atoms with van der Waals surface area (Å²) in [6.07, 6.45) is 4.10. The average molecular weight is 391 g/mol. The molecule has 1 saturated carbocycles. The third-order valence-corrected chi connectivity index (χ3v) is 6.58. The van der Waals surface area contributed by atoms with Crippen LogP contribution in [0.3, 0.4) is 0 Å². The lowest BCUT2D eigenvalue weighted by atomic mass is 9.93. The highest BCUT2D eigenvalue weighted by Crippen LogP contribution is 2.56. The van der Waals surface area contributed by atoms with Crippen LogP contribution in [0.5, 0.6) is 0 Å². The fourth-order valence-electron chi connectivity index (χ4n) is 4.16. The van der Waals surface area contributed by atoms with Gasteiger partial charge in [-0.2, -0.15) is 11.3 Å². The number of hydrogen-bond donors (Lipinski definition) is 1. The standard InChI is InChI=1S/C21H26N2OS.ClH/c1-16-2-4-17(5-3-16)12-20(24)23(14-18-6-11-25-15-18)19-13-21(19)7-9-22-10-8-21;/h2-6,11,15,19,22H,7-10,12-14H2,1H3;1H. The quantitative estimate of drug-likeness (QED) is 0.830. The molecule has 140 valence electrons. The molecule has 0 bridgehead atoms. The van der Waals surface area contributed by atoms with Crippen LogP contribution in [0.2, 0.25) is 0 Å². The van der Waals surface area contributed by atoms with E-state index in [-0.39, 0.29) is 18.3 Å². The third kappa shape index (κ3) is 4.13. The van der Waals surface area contributed by atoms with Gasteiger partial charge in [0.15, 0.2) is 0 Å². The number of nitrogens with zero attached hydrogens (tertiary/aromatic N) is 1. The zero-order valence-corrected chi connectivity index (χ0v) is 16.9. The van der Waals surface area contributed by atoms with E-state index in [2.05, 4.69) is 58.2 Å². The number of halogens is 1. The molecule has 1 aliphatic heterocycles. The summed E-state index contributed by atoms with van der Waals surface area (Å²) in [6.45, 7) is 5.03. The number of piperidine rings is 1. The van der Waals surface area contributed by atoms with E-state index >= 15 is 0 Å². The minimum Gasteiger partial charge on any atom is -0.334 e. The molecule has 4 rings (SSSR count). The molecule has 1 aromatic carbocycles. The van der Waals surface area contributed by atoms with Crippen molar-refractivity contribution in [2.24, 2.45) is 5.41 Å². The number of amides is 1. The van der Waals surface area contributed by atoms with Gasteiger partial charge >= 0.3 is 0 Å². The number of rotatable bonds is 5. The van der Waals surface area contributed by atoms with Gasteiger partial charge in [0.1, 0.15) is 0 Å². The van der Waals surface area contributed by atoms with Gasteiger partial charge in [0.05, 0.1) is 6.42 Å². The molecule has 1 aromatic heterocycles. The normalized spacial score (nSPS) is 20.4. The van der Waals surface area contributed by atoms with Crippen LogP contribution in [0, 0.1) is 12.3 Å². The first-order valence-electron chi connectivity index (χ1n) is 9.23. The van der Waals surface area contributed by atoms with E-state index < -0.39 is 0 Å². The number of hydrogen-bond acceptors (Lipinski definition) is 3. The molecule has 5 heteroatoms. The van der Waals surface area contributed by atoms with Gasteiger partial charge in [0, 0.05) is 12.6 Å². The highest BCUT2D eigenvalue weighted by atomic mass is 35.5. The minimum absolute atomic E-state index is 0. The van der Waals surface area contributed by atoms with E-state index in [1.165, 1.54) is 30.4 Å².